The van der Waals surface area contributed by atoms with Gasteiger partial charge in [-0.3, -0.25) is 10.1 Å². The molecule has 0 saturated carbocycles. The number of pyridine rings is 1. The number of benzene rings is 1. The third-order valence-electron chi connectivity index (χ3n) is 2.78. The van der Waals surface area contributed by atoms with E-state index in [0.717, 1.165) is 0 Å². The van der Waals surface area contributed by atoms with E-state index in [0.29, 0.717) is 17.0 Å². The molecular weight excluding hydrogens is 258 g/mol. The van der Waals surface area contributed by atoms with E-state index in [2.05, 4.69) is 4.98 Å². The van der Waals surface area contributed by atoms with Crippen molar-refractivity contribution >= 4 is 5.69 Å². The second-order valence-corrected chi connectivity index (χ2v) is 4.18. The molecule has 2 rings (SSSR count). The first-order chi connectivity index (χ1) is 9.52. The van der Waals surface area contributed by atoms with E-state index in [-0.39, 0.29) is 17.1 Å². The molecule has 20 heavy (non-hydrogen) atoms. The van der Waals surface area contributed by atoms with Crippen molar-refractivity contribution < 1.29 is 9.66 Å². The minimum absolute atomic E-state index is 0.0336. The summed E-state index contributed by atoms with van der Waals surface area (Å²) in [5.41, 5.74) is 1.34. The summed E-state index contributed by atoms with van der Waals surface area (Å²) >= 11 is 0. The number of aromatic nitrogens is 1. The fourth-order valence-electron chi connectivity index (χ4n) is 1.71. The summed E-state index contributed by atoms with van der Waals surface area (Å²) in [7, 11) is 0. The molecule has 0 bridgehead atoms. The van der Waals surface area contributed by atoms with Gasteiger partial charge in [0.1, 0.15) is 17.4 Å². The van der Waals surface area contributed by atoms with Gasteiger partial charge >= 0.3 is 0 Å². The average Bonchev–Trinajstić information content (AvgIpc) is 2.41. The Bertz CT molecular complexity index is 720. The van der Waals surface area contributed by atoms with Crippen LogP contribution in [-0.2, 0) is 0 Å². The molecule has 0 atom stereocenters. The Balaban J connectivity index is 2.46. The lowest BCUT2D eigenvalue weighted by Crippen LogP contribution is -1.98. The lowest BCUT2D eigenvalue weighted by molar-refractivity contribution is -0.385. The van der Waals surface area contributed by atoms with Gasteiger partial charge in [0.2, 0.25) is 5.88 Å². The molecule has 1 heterocycles. The van der Waals surface area contributed by atoms with E-state index >= 15 is 0 Å². The van der Waals surface area contributed by atoms with Gasteiger partial charge in [-0.15, -0.1) is 0 Å². The number of ether oxygens (including phenoxy) is 1. The summed E-state index contributed by atoms with van der Waals surface area (Å²) in [6, 6.07) is 9.81. The summed E-state index contributed by atoms with van der Waals surface area (Å²) in [5, 5.41) is 19.9. The van der Waals surface area contributed by atoms with Gasteiger partial charge in [-0.2, -0.15) is 5.26 Å². The molecule has 6 heteroatoms. The van der Waals surface area contributed by atoms with Crippen LogP contribution in [-0.4, -0.2) is 9.91 Å². The quantitative estimate of drug-likeness (QED) is 0.630. The molecule has 0 amide bonds. The zero-order valence-corrected chi connectivity index (χ0v) is 11.0. The summed E-state index contributed by atoms with van der Waals surface area (Å²) in [6.45, 7) is 3.36. The van der Waals surface area contributed by atoms with Crippen LogP contribution in [0.15, 0.2) is 30.3 Å². The third kappa shape index (κ3) is 2.57. The maximum Gasteiger partial charge on any atom is 0.276 e. The Kier molecular flexibility index (Phi) is 3.62. The van der Waals surface area contributed by atoms with Crippen molar-refractivity contribution in [2.45, 2.75) is 13.8 Å². The zero-order chi connectivity index (χ0) is 14.7. The van der Waals surface area contributed by atoms with Crippen LogP contribution in [0.25, 0.3) is 0 Å². The molecule has 0 N–H and O–H groups in total. The van der Waals surface area contributed by atoms with E-state index < -0.39 is 4.92 Å². The Morgan fingerprint density at radius 2 is 2.05 bits per heavy atom. The highest BCUT2D eigenvalue weighted by molar-refractivity contribution is 5.50. The standard InChI is InChI=1S/C14H11N3O3/c1-9-6-7-11(8-15)14(16-9)20-13-5-3-4-12(10(13)2)17(18)19/h3-7H,1-2H3. The van der Waals surface area contributed by atoms with Crippen LogP contribution in [0.4, 0.5) is 5.69 Å². The van der Waals surface area contributed by atoms with Crippen LogP contribution >= 0.6 is 0 Å². The highest BCUT2D eigenvalue weighted by Crippen LogP contribution is 2.31. The van der Waals surface area contributed by atoms with Gasteiger partial charge in [-0.05, 0) is 32.0 Å². The monoisotopic (exact) mass is 269 g/mol. The fraction of sp³-hybridized carbons (Fsp3) is 0.143. The highest BCUT2D eigenvalue weighted by atomic mass is 16.6. The fourth-order valence-corrected chi connectivity index (χ4v) is 1.71. The van der Waals surface area contributed by atoms with Crippen molar-refractivity contribution in [1.82, 2.24) is 4.98 Å². The Labute approximate surface area is 115 Å². The van der Waals surface area contributed by atoms with Crippen molar-refractivity contribution in [2.24, 2.45) is 0 Å². The Morgan fingerprint density at radius 3 is 2.70 bits per heavy atom. The second kappa shape index (κ2) is 5.36. The highest BCUT2D eigenvalue weighted by Gasteiger charge is 2.16. The predicted molar refractivity (Wildman–Crippen MR) is 71.6 cm³/mol. The number of hydrogen-bond acceptors (Lipinski definition) is 5. The number of nitrogens with zero attached hydrogens (tertiary/aromatic N) is 3. The number of aryl methyl sites for hydroxylation is 1. The van der Waals surface area contributed by atoms with Crippen LogP contribution in [0.5, 0.6) is 11.6 Å². The lowest BCUT2D eigenvalue weighted by Gasteiger charge is -2.09. The average molecular weight is 269 g/mol. The van der Waals surface area contributed by atoms with Crippen LogP contribution in [0.1, 0.15) is 16.8 Å². The normalized spacial score (nSPS) is 9.85. The maximum atomic E-state index is 10.9. The van der Waals surface area contributed by atoms with Gasteiger partial charge < -0.3 is 4.74 Å². The molecule has 0 aliphatic rings. The molecule has 0 unspecified atom stereocenters. The molecule has 0 aliphatic carbocycles. The Morgan fingerprint density at radius 1 is 1.30 bits per heavy atom. The maximum absolute atomic E-state index is 10.9. The van der Waals surface area contributed by atoms with Crippen molar-refractivity contribution in [3.63, 3.8) is 0 Å². The molecule has 100 valence electrons. The van der Waals surface area contributed by atoms with Gasteiger partial charge in [0.05, 0.1) is 10.5 Å². The largest absolute Gasteiger partial charge is 0.437 e. The first-order valence-electron chi connectivity index (χ1n) is 5.82. The summed E-state index contributed by atoms with van der Waals surface area (Å²) < 4.78 is 5.56. The van der Waals surface area contributed by atoms with Crippen LogP contribution in [0.3, 0.4) is 0 Å². The van der Waals surface area contributed by atoms with Crippen molar-refractivity contribution in [2.75, 3.05) is 0 Å². The number of nitro benzene ring substituents is 1. The van der Waals surface area contributed by atoms with E-state index in [1.807, 2.05) is 6.07 Å². The van der Waals surface area contributed by atoms with Crippen LogP contribution < -0.4 is 4.74 Å². The van der Waals surface area contributed by atoms with Crippen LogP contribution in [0.2, 0.25) is 0 Å². The first-order valence-corrected chi connectivity index (χ1v) is 5.82. The molecule has 1 aromatic heterocycles. The smallest absolute Gasteiger partial charge is 0.276 e. The van der Waals surface area contributed by atoms with Crippen molar-refractivity contribution in [3.8, 4) is 17.7 Å². The number of hydrogen-bond donors (Lipinski definition) is 0. The van der Waals surface area contributed by atoms with E-state index in [1.165, 1.54) is 12.1 Å². The minimum Gasteiger partial charge on any atom is -0.437 e. The molecule has 0 radical (unpaired) electrons. The van der Waals surface area contributed by atoms with Gasteiger partial charge in [-0.1, -0.05) is 6.07 Å². The molecule has 1 aromatic carbocycles. The van der Waals surface area contributed by atoms with E-state index in [9.17, 15) is 10.1 Å². The molecular formula is C14H11N3O3. The number of rotatable bonds is 3. The lowest BCUT2D eigenvalue weighted by atomic mass is 10.2. The molecule has 6 nitrogen and oxygen atoms in total. The summed E-state index contributed by atoms with van der Waals surface area (Å²) in [5.74, 6) is 0.463. The topological polar surface area (TPSA) is 89.0 Å². The Hall–Kier alpha value is -2.94. The molecule has 0 spiro atoms. The van der Waals surface area contributed by atoms with Gasteiger partial charge in [0.15, 0.2) is 0 Å². The van der Waals surface area contributed by atoms with E-state index in [4.69, 9.17) is 10.00 Å². The molecule has 2 aromatic rings. The van der Waals surface area contributed by atoms with Gasteiger partial charge in [0, 0.05) is 11.8 Å². The van der Waals surface area contributed by atoms with Gasteiger partial charge in [-0.25, -0.2) is 4.98 Å². The molecule has 0 saturated heterocycles. The minimum atomic E-state index is -0.475. The van der Waals surface area contributed by atoms with E-state index in [1.54, 1.807) is 32.0 Å². The molecule has 0 aliphatic heterocycles. The van der Waals surface area contributed by atoms with Crippen molar-refractivity contribution in [3.05, 3.63) is 57.3 Å². The predicted octanol–water partition coefficient (Wildman–Crippen LogP) is 3.27. The zero-order valence-electron chi connectivity index (χ0n) is 11.0. The third-order valence-corrected chi connectivity index (χ3v) is 2.78. The number of nitro groups is 1. The summed E-state index contributed by atoms with van der Waals surface area (Å²) in [4.78, 5) is 14.6. The first kappa shape index (κ1) is 13.5. The second-order valence-electron chi connectivity index (χ2n) is 4.18. The van der Waals surface area contributed by atoms with Crippen molar-refractivity contribution in [1.29, 1.82) is 5.26 Å². The van der Waals surface area contributed by atoms with Crippen LogP contribution in [0, 0.1) is 35.3 Å². The van der Waals surface area contributed by atoms with Gasteiger partial charge in [0.25, 0.3) is 5.69 Å². The number of nitriles is 1. The SMILES string of the molecule is Cc1ccc(C#N)c(Oc2cccc([N+](=O)[O-])c2C)n1. The molecule has 0 fully saturated rings. The summed E-state index contributed by atoms with van der Waals surface area (Å²) in [6.07, 6.45) is 0.